The molecule has 1 aliphatic carbocycles. The quantitative estimate of drug-likeness (QED) is 0.805. The molecule has 1 saturated carbocycles. The second-order valence-electron chi connectivity index (χ2n) is 3.59. The van der Waals surface area contributed by atoms with Gasteiger partial charge in [0, 0.05) is 24.4 Å². The summed E-state index contributed by atoms with van der Waals surface area (Å²) in [6.45, 7) is 0.259. The Morgan fingerprint density at radius 3 is 2.50 bits per heavy atom. The van der Waals surface area contributed by atoms with E-state index in [-0.39, 0.29) is 6.54 Å². The van der Waals surface area contributed by atoms with Crippen LogP contribution in [0.2, 0.25) is 0 Å². The van der Waals surface area contributed by atoms with Crippen molar-refractivity contribution in [3.63, 3.8) is 0 Å². The lowest BCUT2D eigenvalue weighted by Gasteiger charge is -2.14. The van der Waals surface area contributed by atoms with E-state index in [1.807, 2.05) is 0 Å². The SMILES string of the molecule is FC(F)C1(CNc2ncccn2)CC1. The van der Waals surface area contributed by atoms with E-state index in [0.29, 0.717) is 18.8 Å². The highest BCUT2D eigenvalue weighted by atomic mass is 19.3. The third-order valence-corrected chi connectivity index (χ3v) is 2.52. The Morgan fingerprint density at radius 2 is 2.00 bits per heavy atom. The molecule has 1 fully saturated rings. The summed E-state index contributed by atoms with van der Waals surface area (Å²) in [7, 11) is 0. The Bertz CT molecular complexity index is 298. The van der Waals surface area contributed by atoms with Gasteiger partial charge in [0.2, 0.25) is 12.4 Å². The van der Waals surface area contributed by atoms with Gasteiger partial charge in [0.1, 0.15) is 0 Å². The van der Waals surface area contributed by atoms with Crippen LogP contribution >= 0.6 is 0 Å². The standard InChI is InChI=1S/C9H11F2N3/c10-7(11)9(2-3-9)6-14-8-12-4-1-5-13-8/h1,4-5,7H,2-3,6H2,(H,12,13,14). The van der Waals surface area contributed by atoms with E-state index >= 15 is 0 Å². The van der Waals surface area contributed by atoms with E-state index in [9.17, 15) is 8.78 Å². The molecule has 0 unspecified atom stereocenters. The zero-order chi connectivity index (χ0) is 10.0. The molecule has 0 amide bonds. The summed E-state index contributed by atoms with van der Waals surface area (Å²) in [6, 6.07) is 1.69. The number of hydrogen-bond acceptors (Lipinski definition) is 3. The fourth-order valence-corrected chi connectivity index (χ4v) is 1.28. The van der Waals surface area contributed by atoms with Crippen molar-refractivity contribution in [2.24, 2.45) is 5.41 Å². The number of halogens is 2. The highest BCUT2D eigenvalue weighted by Crippen LogP contribution is 2.50. The van der Waals surface area contributed by atoms with Crippen LogP contribution in [0, 0.1) is 5.41 Å². The first-order valence-electron chi connectivity index (χ1n) is 4.52. The first-order valence-corrected chi connectivity index (χ1v) is 4.52. The van der Waals surface area contributed by atoms with Crippen molar-refractivity contribution in [3.8, 4) is 0 Å². The first kappa shape index (κ1) is 9.30. The van der Waals surface area contributed by atoms with Crippen molar-refractivity contribution < 1.29 is 8.78 Å². The average Bonchev–Trinajstić information content (AvgIpc) is 2.97. The normalized spacial score (nSPS) is 18.2. The van der Waals surface area contributed by atoms with E-state index in [1.54, 1.807) is 18.5 Å². The van der Waals surface area contributed by atoms with E-state index < -0.39 is 11.8 Å². The Morgan fingerprint density at radius 1 is 1.36 bits per heavy atom. The highest BCUT2D eigenvalue weighted by molar-refractivity contribution is 5.24. The van der Waals surface area contributed by atoms with E-state index in [2.05, 4.69) is 15.3 Å². The maximum Gasteiger partial charge on any atom is 0.245 e. The van der Waals surface area contributed by atoms with Gasteiger partial charge in [0.25, 0.3) is 0 Å². The van der Waals surface area contributed by atoms with Crippen molar-refractivity contribution in [1.29, 1.82) is 0 Å². The number of nitrogens with zero attached hydrogens (tertiary/aromatic N) is 2. The van der Waals surface area contributed by atoms with Gasteiger partial charge in [0.05, 0.1) is 0 Å². The van der Waals surface area contributed by atoms with Gasteiger partial charge in [-0.05, 0) is 18.9 Å². The van der Waals surface area contributed by atoms with Crippen LogP contribution in [0.25, 0.3) is 0 Å². The number of anilines is 1. The minimum absolute atomic E-state index is 0.259. The second-order valence-corrected chi connectivity index (χ2v) is 3.59. The molecule has 5 heteroatoms. The average molecular weight is 199 g/mol. The largest absolute Gasteiger partial charge is 0.353 e. The predicted octanol–water partition coefficient (Wildman–Crippen LogP) is 1.93. The maximum absolute atomic E-state index is 12.5. The van der Waals surface area contributed by atoms with Gasteiger partial charge < -0.3 is 5.32 Å². The lowest BCUT2D eigenvalue weighted by atomic mass is 10.1. The molecule has 14 heavy (non-hydrogen) atoms. The third-order valence-electron chi connectivity index (χ3n) is 2.52. The molecule has 1 aromatic heterocycles. The number of rotatable bonds is 4. The summed E-state index contributed by atoms with van der Waals surface area (Å²) < 4.78 is 25.0. The molecule has 3 nitrogen and oxygen atoms in total. The Hall–Kier alpha value is -1.26. The smallest absolute Gasteiger partial charge is 0.245 e. The van der Waals surface area contributed by atoms with E-state index in [4.69, 9.17) is 0 Å². The summed E-state index contributed by atoms with van der Waals surface area (Å²) in [5.74, 6) is 0.416. The Kier molecular flexibility index (Phi) is 2.31. The van der Waals surface area contributed by atoms with Gasteiger partial charge in [-0.3, -0.25) is 0 Å². The minimum atomic E-state index is -2.25. The van der Waals surface area contributed by atoms with E-state index in [1.165, 1.54) is 0 Å². The molecule has 1 heterocycles. The zero-order valence-electron chi connectivity index (χ0n) is 7.58. The molecule has 1 aromatic rings. The van der Waals surface area contributed by atoms with Crippen LogP contribution in [0.1, 0.15) is 12.8 Å². The summed E-state index contributed by atoms with van der Waals surface area (Å²) in [6.07, 6.45) is 2.09. The van der Waals surface area contributed by atoms with Gasteiger partial charge in [-0.1, -0.05) is 0 Å². The molecule has 0 spiro atoms. The molecule has 0 bridgehead atoms. The van der Waals surface area contributed by atoms with Crippen molar-refractivity contribution in [2.75, 3.05) is 11.9 Å². The number of aromatic nitrogens is 2. The van der Waals surface area contributed by atoms with Crippen LogP contribution in [-0.4, -0.2) is 22.9 Å². The van der Waals surface area contributed by atoms with Gasteiger partial charge >= 0.3 is 0 Å². The molecular formula is C9H11F2N3. The van der Waals surface area contributed by atoms with Crippen molar-refractivity contribution in [1.82, 2.24) is 9.97 Å². The van der Waals surface area contributed by atoms with Crippen LogP contribution in [-0.2, 0) is 0 Å². The van der Waals surface area contributed by atoms with Crippen LogP contribution in [0.15, 0.2) is 18.5 Å². The molecule has 1 aliphatic rings. The van der Waals surface area contributed by atoms with Crippen molar-refractivity contribution in [3.05, 3.63) is 18.5 Å². The van der Waals surface area contributed by atoms with Crippen LogP contribution in [0.3, 0.4) is 0 Å². The van der Waals surface area contributed by atoms with Gasteiger partial charge in [-0.15, -0.1) is 0 Å². The van der Waals surface area contributed by atoms with Crippen LogP contribution in [0.5, 0.6) is 0 Å². The minimum Gasteiger partial charge on any atom is -0.353 e. The van der Waals surface area contributed by atoms with E-state index in [0.717, 1.165) is 0 Å². The van der Waals surface area contributed by atoms with Crippen molar-refractivity contribution in [2.45, 2.75) is 19.3 Å². The summed E-state index contributed by atoms with van der Waals surface area (Å²) in [5.41, 5.74) is -0.820. The molecule has 0 radical (unpaired) electrons. The summed E-state index contributed by atoms with van der Waals surface area (Å²) >= 11 is 0. The molecule has 0 aliphatic heterocycles. The molecule has 0 aromatic carbocycles. The molecular weight excluding hydrogens is 188 g/mol. The lowest BCUT2D eigenvalue weighted by Crippen LogP contribution is -2.23. The zero-order valence-corrected chi connectivity index (χ0v) is 7.58. The number of hydrogen-bond donors (Lipinski definition) is 1. The van der Waals surface area contributed by atoms with Crippen molar-refractivity contribution >= 4 is 5.95 Å². The second kappa shape index (κ2) is 3.48. The fraction of sp³-hybridized carbons (Fsp3) is 0.556. The predicted molar refractivity (Wildman–Crippen MR) is 48.2 cm³/mol. The van der Waals surface area contributed by atoms with Crippen LogP contribution in [0.4, 0.5) is 14.7 Å². The van der Waals surface area contributed by atoms with Gasteiger partial charge in [-0.2, -0.15) is 0 Å². The fourth-order valence-electron chi connectivity index (χ4n) is 1.28. The summed E-state index contributed by atoms with van der Waals surface area (Å²) in [4.78, 5) is 7.80. The highest BCUT2D eigenvalue weighted by Gasteiger charge is 2.50. The van der Waals surface area contributed by atoms with Gasteiger partial charge in [0.15, 0.2) is 0 Å². The molecule has 0 atom stereocenters. The monoisotopic (exact) mass is 199 g/mol. The molecule has 2 rings (SSSR count). The number of alkyl halides is 2. The topological polar surface area (TPSA) is 37.8 Å². The van der Waals surface area contributed by atoms with Gasteiger partial charge in [-0.25, -0.2) is 18.7 Å². The Labute approximate surface area is 80.6 Å². The number of nitrogens with one attached hydrogen (secondary N) is 1. The molecule has 1 N–H and O–H groups in total. The first-order chi connectivity index (χ1) is 6.73. The molecule has 0 saturated heterocycles. The van der Waals surface area contributed by atoms with Crippen LogP contribution < -0.4 is 5.32 Å². The lowest BCUT2D eigenvalue weighted by molar-refractivity contribution is 0.0687. The summed E-state index contributed by atoms with van der Waals surface area (Å²) in [5, 5.41) is 2.83. The third kappa shape index (κ3) is 1.81. The maximum atomic E-state index is 12.5. The molecule has 76 valence electrons. The Balaban J connectivity index is 1.89.